The number of nitrogens with one attached hydrogen (secondary N) is 3. The van der Waals surface area contributed by atoms with Gasteiger partial charge in [-0.1, -0.05) is 6.07 Å². The van der Waals surface area contributed by atoms with Crippen LogP contribution in [0.1, 0.15) is 31.0 Å². The Labute approximate surface area is 231 Å². The highest BCUT2D eigenvalue weighted by molar-refractivity contribution is 5.95. The number of benzene rings is 2. The van der Waals surface area contributed by atoms with Gasteiger partial charge >= 0.3 is 23.4 Å². The smallest absolute Gasteiger partial charge is 0.337 e. The van der Waals surface area contributed by atoms with Crippen LogP contribution in [0.15, 0.2) is 46.7 Å². The van der Waals surface area contributed by atoms with Gasteiger partial charge in [-0.15, -0.1) is 0 Å². The first-order valence-electron chi connectivity index (χ1n) is 11.8. The first-order chi connectivity index (χ1) is 19.5. The third-order valence-corrected chi connectivity index (χ3v) is 5.59. The van der Waals surface area contributed by atoms with E-state index >= 15 is 0 Å². The molecule has 0 fully saturated rings. The Morgan fingerprint density at radius 1 is 1.17 bits per heavy atom. The van der Waals surface area contributed by atoms with Gasteiger partial charge in [0.15, 0.2) is 17.7 Å². The van der Waals surface area contributed by atoms with Crippen molar-refractivity contribution in [3.8, 4) is 17.2 Å². The molecule has 2 amide bonds. The second-order valence-electron chi connectivity index (χ2n) is 8.34. The minimum Gasteiger partial charge on any atom is -0.497 e. The first-order valence-corrected chi connectivity index (χ1v) is 11.8. The van der Waals surface area contributed by atoms with Crippen LogP contribution in [-0.4, -0.2) is 64.8 Å². The van der Waals surface area contributed by atoms with Crippen LogP contribution >= 0.6 is 0 Å². The summed E-state index contributed by atoms with van der Waals surface area (Å²) in [5, 5.41) is 51.0. The number of aromatic hydroxyl groups is 1. The van der Waals surface area contributed by atoms with Crippen LogP contribution in [0.4, 0.5) is 16.2 Å². The number of carbonyl (C=O) groups is 2. The Morgan fingerprint density at radius 3 is 2.41 bits per heavy atom. The maximum atomic E-state index is 12.4. The summed E-state index contributed by atoms with van der Waals surface area (Å²) in [5.41, 5.74) is 1.48. The second kappa shape index (κ2) is 13.1. The number of aliphatic hydroxyl groups is 1. The van der Waals surface area contributed by atoms with Crippen LogP contribution in [0.3, 0.4) is 0 Å². The van der Waals surface area contributed by atoms with Crippen molar-refractivity contribution < 1.29 is 43.9 Å². The molecule has 0 saturated carbocycles. The van der Waals surface area contributed by atoms with Crippen molar-refractivity contribution in [3.63, 3.8) is 0 Å². The third kappa shape index (κ3) is 7.15. The van der Waals surface area contributed by atoms with Gasteiger partial charge in [0, 0.05) is 23.4 Å². The van der Waals surface area contributed by atoms with E-state index in [-0.39, 0.29) is 35.8 Å². The van der Waals surface area contributed by atoms with E-state index in [1.165, 1.54) is 13.2 Å². The fourth-order valence-electron chi connectivity index (χ4n) is 3.80. The number of esters is 1. The summed E-state index contributed by atoms with van der Waals surface area (Å²) >= 11 is 0. The van der Waals surface area contributed by atoms with Crippen LogP contribution in [0.5, 0.6) is 17.2 Å². The molecule has 1 heterocycles. The lowest BCUT2D eigenvalue weighted by Crippen LogP contribution is -2.45. The maximum Gasteiger partial charge on any atom is 0.337 e. The van der Waals surface area contributed by atoms with Gasteiger partial charge in [0.2, 0.25) is 0 Å². The number of allylic oxidation sites excluding steroid dienone is 1. The molecule has 0 spiro atoms. The van der Waals surface area contributed by atoms with E-state index in [1.807, 2.05) is 0 Å². The standard InChI is InChI=1S/C24H26N6O11/c1-4-40-18-9-14(21-20(23(33)39-3)12(2)26-24(34)27-21)5-6-17(18)41-11-19(31)28-25-10-13-7-15(29(35)36)22(32)16(8-13)30(37)38/h5-10,19,21,28,31-32H,4,11H2,1-3H3,(H2,26,27,34)/b25-10+/t19-,21-/m0/s1. The van der Waals surface area contributed by atoms with Crippen molar-refractivity contribution in [2.75, 3.05) is 20.3 Å². The lowest BCUT2D eigenvalue weighted by atomic mass is 9.95. The summed E-state index contributed by atoms with van der Waals surface area (Å²) in [6.45, 7) is 3.19. The van der Waals surface area contributed by atoms with Crippen LogP contribution in [0, 0.1) is 20.2 Å². The number of amides is 2. The third-order valence-electron chi connectivity index (χ3n) is 5.59. The Bertz CT molecular complexity index is 1390. The van der Waals surface area contributed by atoms with Crippen LogP contribution in [-0.2, 0) is 9.53 Å². The summed E-state index contributed by atoms with van der Waals surface area (Å²) in [7, 11) is 1.22. The molecule has 0 bridgehead atoms. The molecule has 3 rings (SSSR count). The highest BCUT2D eigenvalue weighted by Gasteiger charge is 2.32. The molecule has 2 aromatic rings. The Kier molecular flexibility index (Phi) is 9.59. The van der Waals surface area contributed by atoms with Gasteiger partial charge in [0.25, 0.3) is 5.75 Å². The molecular weight excluding hydrogens is 548 g/mol. The number of phenolic OH excluding ortho intramolecular Hbond substituents is 1. The number of nitrogens with zero attached hydrogens (tertiary/aromatic N) is 3. The average Bonchev–Trinajstić information content (AvgIpc) is 2.92. The molecule has 17 nitrogen and oxygen atoms in total. The first kappa shape index (κ1) is 30.1. The molecule has 218 valence electrons. The molecule has 2 aromatic carbocycles. The van der Waals surface area contributed by atoms with Gasteiger partial charge in [-0.3, -0.25) is 25.7 Å². The van der Waals surface area contributed by atoms with Gasteiger partial charge < -0.3 is 35.1 Å². The Balaban J connectivity index is 1.73. The minimum absolute atomic E-state index is 0.0864. The fourth-order valence-corrected chi connectivity index (χ4v) is 3.80. The number of hydrogen-bond acceptors (Lipinski definition) is 13. The minimum atomic E-state index is -1.40. The molecular formula is C24H26N6O11. The largest absolute Gasteiger partial charge is 0.497 e. The summed E-state index contributed by atoms with van der Waals surface area (Å²) in [5.74, 6) is -1.26. The fraction of sp³-hybridized carbons (Fsp3) is 0.292. The van der Waals surface area contributed by atoms with E-state index in [1.54, 1.807) is 26.0 Å². The van der Waals surface area contributed by atoms with Crippen molar-refractivity contribution in [3.05, 3.63) is 73.0 Å². The van der Waals surface area contributed by atoms with Crippen molar-refractivity contribution in [2.24, 2.45) is 5.10 Å². The molecule has 5 N–H and O–H groups in total. The van der Waals surface area contributed by atoms with Crippen LogP contribution in [0.25, 0.3) is 0 Å². The van der Waals surface area contributed by atoms with E-state index in [9.17, 15) is 40.0 Å². The predicted octanol–water partition coefficient (Wildman–Crippen LogP) is 1.73. The number of phenols is 1. The van der Waals surface area contributed by atoms with E-state index in [2.05, 4.69) is 21.2 Å². The monoisotopic (exact) mass is 574 g/mol. The number of nitro groups is 2. The van der Waals surface area contributed by atoms with Crippen LogP contribution in [0.2, 0.25) is 0 Å². The predicted molar refractivity (Wildman–Crippen MR) is 140 cm³/mol. The molecule has 1 aliphatic rings. The summed E-state index contributed by atoms with van der Waals surface area (Å²) in [6, 6.07) is 5.07. The van der Waals surface area contributed by atoms with Crippen molar-refractivity contribution >= 4 is 29.6 Å². The molecule has 0 unspecified atom stereocenters. The van der Waals surface area contributed by atoms with Gasteiger partial charge in [0.1, 0.15) is 6.61 Å². The van der Waals surface area contributed by atoms with E-state index in [4.69, 9.17) is 14.2 Å². The van der Waals surface area contributed by atoms with Crippen LogP contribution < -0.4 is 25.5 Å². The number of ether oxygens (including phenoxy) is 3. The van der Waals surface area contributed by atoms with Crippen molar-refractivity contribution in [1.82, 2.24) is 16.1 Å². The number of rotatable bonds is 12. The molecule has 1 aliphatic heterocycles. The molecule has 41 heavy (non-hydrogen) atoms. The number of methoxy groups -OCH3 is 1. The zero-order valence-corrected chi connectivity index (χ0v) is 21.9. The normalized spacial score (nSPS) is 15.5. The Morgan fingerprint density at radius 2 is 1.83 bits per heavy atom. The maximum absolute atomic E-state index is 12.4. The zero-order chi connectivity index (χ0) is 30.3. The quantitative estimate of drug-likeness (QED) is 0.0801. The Hall–Kier alpha value is -5.45. The number of carbonyl (C=O) groups excluding carboxylic acids is 2. The number of nitro benzene ring substituents is 2. The summed E-state index contributed by atoms with van der Waals surface area (Å²) < 4.78 is 16.1. The van der Waals surface area contributed by atoms with E-state index < -0.39 is 51.2 Å². The molecule has 0 aliphatic carbocycles. The summed E-state index contributed by atoms with van der Waals surface area (Å²) in [4.78, 5) is 44.6. The highest BCUT2D eigenvalue weighted by Crippen LogP contribution is 2.37. The molecule has 0 radical (unpaired) electrons. The molecule has 0 aromatic heterocycles. The van der Waals surface area contributed by atoms with Gasteiger partial charge in [0.05, 0.1) is 41.4 Å². The number of urea groups is 1. The molecule has 0 saturated heterocycles. The lowest BCUT2D eigenvalue weighted by molar-refractivity contribution is -0.396. The van der Waals surface area contributed by atoms with E-state index in [0.717, 1.165) is 18.3 Å². The topological polar surface area (TPSA) is 237 Å². The zero-order valence-electron chi connectivity index (χ0n) is 21.9. The number of aliphatic hydroxyl groups excluding tert-OH is 1. The molecule has 17 heteroatoms. The average molecular weight is 575 g/mol. The van der Waals surface area contributed by atoms with Crippen molar-refractivity contribution in [1.29, 1.82) is 0 Å². The lowest BCUT2D eigenvalue weighted by Gasteiger charge is -2.28. The highest BCUT2D eigenvalue weighted by atomic mass is 16.6. The second-order valence-corrected chi connectivity index (χ2v) is 8.34. The van der Waals surface area contributed by atoms with Crippen molar-refractivity contribution in [2.45, 2.75) is 26.1 Å². The molecule has 2 atom stereocenters. The summed E-state index contributed by atoms with van der Waals surface area (Å²) in [6.07, 6.45) is -0.423. The van der Waals surface area contributed by atoms with E-state index in [0.29, 0.717) is 11.3 Å². The van der Waals surface area contributed by atoms with Gasteiger partial charge in [-0.2, -0.15) is 5.10 Å². The van der Waals surface area contributed by atoms with Gasteiger partial charge in [-0.25, -0.2) is 9.59 Å². The number of hydrazone groups is 1. The SMILES string of the molecule is CCOc1cc([C@@H]2NC(=O)NC(C)=C2C(=O)OC)ccc1OC[C@H](O)N/N=C/c1cc([N+](=O)[O-])c(O)c([N+](=O)[O-])c1. The number of hydrogen-bond donors (Lipinski definition) is 5. The van der Waals surface area contributed by atoms with Gasteiger partial charge in [-0.05, 0) is 31.5 Å².